The van der Waals surface area contributed by atoms with Crippen LogP contribution in [-0.2, 0) is 0 Å². The normalized spacial score (nSPS) is 34.4. The van der Waals surface area contributed by atoms with Crippen molar-refractivity contribution < 1.29 is 0 Å². The molecule has 0 aliphatic heterocycles. The molecule has 2 unspecified atom stereocenters. The van der Waals surface area contributed by atoms with E-state index in [4.69, 9.17) is 16.9 Å². The number of alkyl halides is 1. The van der Waals surface area contributed by atoms with Gasteiger partial charge in [-0.3, -0.25) is 0 Å². The molecule has 2 heteroatoms. The second-order valence-corrected chi connectivity index (χ2v) is 3.56. The van der Waals surface area contributed by atoms with Crippen LogP contribution in [-0.4, -0.2) is 5.38 Å². The molecule has 1 nitrogen and oxygen atoms in total. The van der Waals surface area contributed by atoms with Gasteiger partial charge in [0.2, 0.25) is 0 Å². The highest BCUT2D eigenvalue weighted by atomic mass is 35.5. The van der Waals surface area contributed by atoms with Crippen LogP contribution in [0.2, 0.25) is 0 Å². The molecule has 1 fully saturated rings. The predicted octanol–water partition coefficient (Wildman–Crippen LogP) is 2.70. The van der Waals surface area contributed by atoms with Crippen LogP contribution in [0.15, 0.2) is 0 Å². The summed E-state index contributed by atoms with van der Waals surface area (Å²) < 4.78 is 0. The highest BCUT2D eigenvalue weighted by Crippen LogP contribution is 2.25. The first-order chi connectivity index (χ1) is 4.83. The van der Waals surface area contributed by atoms with E-state index in [1.54, 1.807) is 0 Å². The molecule has 0 amide bonds. The summed E-state index contributed by atoms with van der Waals surface area (Å²) in [7, 11) is 0. The van der Waals surface area contributed by atoms with Crippen LogP contribution in [0.5, 0.6) is 0 Å². The minimum Gasteiger partial charge on any atom is -0.198 e. The molecule has 0 aromatic carbocycles. The molecule has 0 radical (unpaired) electrons. The number of halogens is 1. The van der Waals surface area contributed by atoms with Gasteiger partial charge < -0.3 is 0 Å². The lowest BCUT2D eigenvalue weighted by Gasteiger charge is -2.05. The van der Waals surface area contributed by atoms with Gasteiger partial charge in [-0.1, -0.05) is 12.8 Å². The Labute approximate surface area is 67.0 Å². The highest BCUT2D eigenvalue weighted by molar-refractivity contribution is 6.20. The van der Waals surface area contributed by atoms with Crippen LogP contribution >= 0.6 is 11.6 Å². The van der Waals surface area contributed by atoms with Gasteiger partial charge in [0.25, 0.3) is 0 Å². The summed E-state index contributed by atoms with van der Waals surface area (Å²) in [5.74, 6) is 0.227. The number of nitrogens with zero attached hydrogens (tertiary/aromatic N) is 1. The van der Waals surface area contributed by atoms with Crippen molar-refractivity contribution in [1.29, 1.82) is 5.26 Å². The molecule has 1 aliphatic rings. The molecule has 0 spiro atoms. The zero-order valence-electron chi connectivity index (χ0n) is 6.02. The van der Waals surface area contributed by atoms with E-state index in [-0.39, 0.29) is 11.3 Å². The van der Waals surface area contributed by atoms with E-state index in [9.17, 15) is 0 Å². The summed E-state index contributed by atoms with van der Waals surface area (Å²) in [4.78, 5) is 0. The third-order valence-corrected chi connectivity index (χ3v) is 2.44. The van der Waals surface area contributed by atoms with Crippen molar-refractivity contribution in [1.82, 2.24) is 0 Å². The Bertz CT molecular complexity index is 139. The fraction of sp³-hybridized carbons (Fsp3) is 0.875. The van der Waals surface area contributed by atoms with Crippen molar-refractivity contribution in [3.05, 3.63) is 0 Å². The molecule has 1 aliphatic carbocycles. The van der Waals surface area contributed by atoms with Crippen LogP contribution < -0.4 is 0 Å². The van der Waals surface area contributed by atoms with Gasteiger partial charge >= 0.3 is 0 Å². The number of hydrogen-bond acceptors (Lipinski definition) is 1. The standard InChI is InChI=1S/C8H12ClN/c9-8-4-2-1-3-7(5-8)6-10/h7-8H,1-5H2. The van der Waals surface area contributed by atoms with Crippen LogP contribution in [0.1, 0.15) is 32.1 Å². The summed E-state index contributed by atoms with van der Waals surface area (Å²) >= 11 is 5.94. The van der Waals surface area contributed by atoms with Gasteiger partial charge in [-0.2, -0.15) is 5.26 Å². The van der Waals surface area contributed by atoms with E-state index in [1.165, 1.54) is 12.8 Å². The molecule has 0 saturated heterocycles. The van der Waals surface area contributed by atoms with Crippen molar-refractivity contribution in [2.75, 3.05) is 0 Å². The second kappa shape index (κ2) is 3.83. The van der Waals surface area contributed by atoms with Crippen molar-refractivity contribution in [3.63, 3.8) is 0 Å². The molecule has 0 N–H and O–H groups in total. The van der Waals surface area contributed by atoms with Crippen molar-refractivity contribution in [2.24, 2.45) is 5.92 Å². The number of rotatable bonds is 0. The molecular weight excluding hydrogens is 146 g/mol. The third kappa shape index (κ3) is 2.19. The van der Waals surface area contributed by atoms with Gasteiger partial charge in [-0.05, 0) is 19.3 Å². The Morgan fingerprint density at radius 1 is 1.30 bits per heavy atom. The van der Waals surface area contributed by atoms with Gasteiger partial charge in [-0.25, -0.2) is 0 Å². The molecule has 0 heterocycles. The second-order valence-electron chi connectivity index (χ2n) is 2.94. The Morgan fingerprint density at radius 3 is 2.70 bits per heavy atom. The van der Waals surface area contributed by atoms with Gasteiger partial charge in [0.05, 0.1) is 6.07 Å². The molecule has 0 aromatic rings. The maximum absolute atomic E-state index is 8.63. The van der Waals surface area contributed by atoms with Crippen LogP contribution in [0, 0.1) is 17.2 Å². The molecular formula is C8H12ClN. The Morgan fingerprint density at radius 2 is 2.00 bits per heavy atom. The maximum Gasteiger partial charge on any atom is 0.0656 e. The van der Waals surface area contributed by atoms with Gasteiger partial charge in [-0.15, -0.1) is 11.6 Å². The lowest BCUT2D eigenvalue weighted by atomic mass is 10.0. The van der Waals surface area contributed by atoms with E-state index in [1.807, 2.05) is 0 Å². The van der Waals surface area contributed by atoms with E-state index in [0.29, 0.717) is 0 Å². The fourth-order valence-corrected chi connectivity index (χ4v) is 1.79. The topological polar surface area (TPSA) is 23.8 Å². The number of hydrogen-bond donors (Lipinski definition) is 0. The Balaban J connectivity index is 2.39. The van der Waals surface area contributed by atoms with Gasteiger partial charge in [0.1, 0.15) is 0 Å². The first-order valence-electron chi connectivity index (χ1n) is 3.86. The Hall–Kier alpha value is -0.220. The van der Waals surface area contributed by atoms with Gasteiger partial charge in [0.15, 0.2) is 0 Å². The summed E-state index contributed by atoms with van der Waals surface area (Å²) in [5.41, 5.74) is 0. The molecule has 1 rings (SSSR count). The van der Waals surface area contributed by atoms with Crippen molar-refractivity contribution >= 4 is 11.6 Å². The zero-order valence-corrected chi connectivity index (χ0v) is 6.77. The quantitative estimate of drug-likeness (QED) is 0.392. The lowest BCUT2D eigenvalue weighted by Crippen LogP contribution is -2.02. The first-order valence-corrected chi connectivity index (χ1v) is 4.30. The van der Waals surface area contributed by atoms with Crippen LogP contribution in [0.25, 0.3) is 0 Å². The monoisotopic (exact) mass is 157 g/mol. The molecule has 10 heavy (non-hydrogen) atoms. The lowest BCUT2D eigenvalue weighted by molar-refractivity contribution is 0.574. The SMILES string of the molecule is N#CC1CCCCC(Cl)C1. The average molecular weight is 158 g/mol. The summed E-state index contributed by atoms with van der Waals surface area (Å²) in [6.45, 7) is 0. The zero-order chi connectivity index (χ0) is 7.40. The van der Waals surface area contributed by atoms with E-state index >= 15 is 0 Å². The number of nitriles is 1. The molecule has 56 valence electrons. The minimum absolute atomic E-state index is 0.227. The molecule has 0 aromatic heterocycles. The molecule has 0 bridgehead atoms. The maximum atomic E-state index is 8.63. The van der Waals surface area contributed by atoms with E-state index < -0.39 is 0 Å². The smallest absolute Gasteiger partial charge is 0.0656 e. The molecule has 2 atom stereocenters. The fourth-order valence-electron chi connectivity index (χ4n) is 1.42. The Kier molecular flexibility index (Phi) is 3.02. The van der Waals surface area contributed by atoms with Crippen LogP contribution in [0.4, 0.5) is 0 Å². The average Bonchev–Trinajstić information content (AvgIpc) is 2.13. The summed E-state index contributed by atoms with van der Waals surface area (Å²) in [6, 6.07) is 2.29. The van der Waals surface area contributed by atoms with Crippen molar-refractivity contribution in [3.8, 4) is 6.07 Å². The third-order valence-electron chi connectivity index (χ3n) is 2.04. The predicted molar refractivity (Wildman–Crippen MR) is 41.8 cm³/mol. The van der Waals surface area contributed by atoms with E-state index in [2.05, 4.69) is 6.07 Å². The van der Waals surface area contributed by atoms with Gasteiger partial charge in [0, 0.05) is 11.3 Å². The first kappa shape index (κ1) is 7.88. The minimum atomic E-state index is 0.227. The van der Waals surface area contributed by atoms with Crippen molar-refractivity contribution in [2.45, 2.75) is 37.5 Å². The summed E-state index contributed by atoms with van der Waals surface area (Å²) in [6.07, 6.45) is 5.44. The molecule has 1 saturated carbocycles. The summed E-state index contributed by atoms with van der Waals surface area (Å²) in [5, 5.41) is 8.88. The largest absolute Gasteiger partial charge is 0.198 e. The van der Waals surface area contributed by atoms with E-state index in [0.717, 1.165) is 19.3 Å². The highest BCUT2D eigenvalue weighted by Gasteiger charge is 2.17. The van der Waals surface area contributed by atoms with Crippen LogP contribution in [0.3, 0.4) is 0 Å².